The van der Waals surface area contributed by atoms with Crippen LogP contribution >= 0.6 is 27.3 Å². The number of thiophene rings is 1. The summed E-state index contributed by atoms with van der Waals surface area (Å²) in [6.07, 6.45) is 4.32. The summed E-state index contributed by atoms with van der Waals surface area (Å²) in [5.41, 5.74) is 8.40. The number of halogens is 1. The molecule has 1 aliphatic carbocycles. The topological polar surface area (TPSA) is 59.4 Å². The lowest BCUT2D eigenvalue weighted by molar-refractivity contribution is 0.591. The van der Waals surface area contributed by atoms with Crippen LogP contribution in [0.25, 0.3) is 22.5 Å². The van der Waals surface area contributed by atoms with Crippen molar-refractivity contribution in [3.63, 3.8) is 0 Å². The zero-order valence-electron chi connectivity index (χ0n) is 12.5. The predicted molar refractivity (Wildman–Crippen MR) is 97.0 cm³/mol. The van der Waals surface area contributed by atoms with E-state index in [0.29, 0.717) is 6.54 Å². The number of nitrogens with one attached hydrogen (secondary N) is 1. The van der Waals surface area contributed by atoms with E-state index in [0.717, 1.165) is 27.2 Å². The molecule has 4 aromatic rings. The number of aromatic amines is 1. The number of H-pyrrole nitrogens is 1. The van der Waals surface area contributed by atoms with Gasteiger partial charge in [0.25, 0.3) is 0 Å². The van der Waals surface area contributed by atoms with E-state index in [4.69, 9.17) is 0 Å². The molecule has 1 N–H and O–H groups in total. The number of aromatic nitrogens is 5. The molecule has 0 unspecified atom stereocenters. The lowest BCUT2D eigenvalue weighted by Crippen LogP contribution is -2.03. The maximum absolute atomic E-state index is 4.56. The normalized spacial score (nSPS) is 12.4. The number of fused-ring (bicyclic) bond motifs is 3. The largest absolute Gasteiger partial charge is 0.277 e. The standard InChI is InChI=1S/C17H12BrN5S/c18-15-7-12(9-24-15)16-14-6-11-2-1-10(8-23-19-3-4-20-23)5-13(11)17(14)22-21-16/h1-5,7,9H,6,8H2,(H,21,22). The monoisotopic (exact) mass is 397 g/mol. The number of nitrogens with zero attached hydrogens (tertiary/aromatic N) is 4. The van der Waals surface area contributed by atoms with Gasteiger partial charge in [0.15, 0.2) is 0 Å². The van der Waals surface area contributed by atoms with E-state index < -0.39 is 0 Å². The highest BCUT2D eigenvalue weighted by molar-refractivity contribution is 9.11. The maximum atomic E-state index is 4.56. The van der Waals surface area contributed by atoms with Crippen LogP contribution in [0.5, 0.6) is 0 Å². The molecule has 3 aromatic heterocycles. The van der Waals surface area contributed by atoms with Crippen LogP contribution < -0.4 is 0 Å². The lowest BCUT2D eigenvalue weighted by Gasteiger charge is -2.04. The molecule has 0 fully saturated rings. The van der Waals surface area contributed by atoms with Crippen molar-refractivity contribution in [2.75, 3.05) is 0 Å². The molecule has 0 aliphatic heterocycles. The van der Waals surface area contributed by atoms with E-state index in [9.17, 15) is 0 Å². The van der Waals surface area contributed by atoms with Crippen LogP contribution in [-0.2, 0) is 13.0 Å². The second-order valence-electron chi connectivity index (χ2n) is 5.79. The third-order valence-corrected chi connectivity index (χ3v) is 5.81. The van der Waals surface area contributed by atoms with Gasteiger partial charge in [-0.1, -0.05) is 12.1 Å². The SMILES string of the molecule is Brc1cc(-c2n[nH]c3c2Cc2ccc(Cn4nccn4)cc2-3)cs1. The highest BCUT2D eigenvalue weighted by atomic mass is 79.9. The van der Waals surface area contributed by atoms with Crippen LogP contribution in [-0.4, -0.2) is 25.2 Å². The third kappa shape index (κ3) is 2.23. The average molecular weight is 398 g/mol. The first kappa shape index (κ1) is 14.1. The minimum Gasteiger partial charge on any atom is -0.277 e. The van der Waals surface area contributed by atoms with Crippen molar-refractivity contribution >= 4 is 27.3 Å². The molecule has 7 heteroatoms. The molecule has 1 aromatic carbocycles. The number of hydrogen-bond donors (Lipinski definition) is 1. The molecule has 3 heterocycles. The number of benzene rings is 1. The van der Waals surface area contributed by atoms with Gasteiger partial charge in [-0.25, -0.2) is 0 Å². The van der Waals surface area contributed by atoms with Crippen LogP contribution in [0.4, 0.5) is 0 Å². The molecule has 24 heavy (non-hydrogen) atoms. The van der Waals surface area contributed by atoms with Crippen molar-refractivity contribution in [3.8, 4) is 22.5 Å². The highest BCUT2D eigenvalue weighted by Gasteiger charge is 2.25. The van der Waals surface area contributed by atoms with E-state index >= 15 is 0 Å². The van der Waals surface area contributed by atoms with Crippen molar-refractivity contribution in [1.82, 2.24) is 25.2 Å². The molecule has 0 radical (unpaired) electrons. The van der Waals surface area contributed by atoms with Gasteiger partial charge in [0.05, 0.1) is 34.1 Å². The second kappa shape index (κ2) is 5.39. The molecule has 0 saturated heterocycles. The minimum atomic E-state index is 0.675. The van der Waals surface area contributed by atoms with Gasteiger partial charge in [-0.3, -0.25) is 5.10 Å². The van der Waals surface area contributed by atoms with Gasteiger partial charge in [0.1, 0.15) is 0 Å². The van der Waals surface area contributed by atoms with E-state index in [1.165, 1.54) is 22.3 Å². The average Bonchev–Trinajstić information content (AvgIpc) is 3.32. The molecule has 0 bridgehead atoms. The third-order valence-electron chi connectivity index (χ3n) is 4.31. The van der Waals surface area contributed by atoms with Gasteiger partial charge < -0.3 is 0 Å². The summed E-state index contributed by atoms with van der Waals surface area (Å²) in [6, 6.07) is 8.70. The summed E-state index contributed by atoms with van der Waals surface area (Å²) in [5, 5.41) is 18.3. The molecule has 0 atom stereocenters. The highest BCUT2D eigenvalue weighted by Crippen LogP contribution is 2.41. The second-order valence-corrected chi connectivity index (χ2v) is 8.08. The van der Waals surface area contributed by atoms with Crippen molar-refractivity contribution in [2.45, 2.75) is 13.0 Å². The maximum Gasteiger partial charge on any atom is 0.0971 e. The zero-order chi connectivity index (χ0) is 16.1. The van der Waals surface area contributed by atoms with E-state index in [-0.39, 0.29) is 0 Å². The Balaban J connectivity index is 1.54. The molecule has 0 amide bonds. The first-order valence-electron chi connectivity index (χ1n) is 7.56. The summed E-state index contributed by atoms with van der Waals surface area (Å²) in [6.45, 7) is 0.675. The number of rotatable bonds is 3. The molecule has 0 spiro atoms. The van der Waals surface area contributed by atoms with Crippen LogP contribution in [0.1, 0.15) is 16.7 Å². The fraction of sp³-hybridized carbons (Fsp3) is 0.118. The quantitative estimate of drug-likeness (QED) is 0.498. The summed E-state index contributed by atoms with van der Waals surface area (Å²) >= 11 is 5.21. The Morgan fingerprint density at radius 3 is 2.88 bits per heavy atom. The number of hydrogen-bond acceptors (Lipinski definition) is 4. The van der Waals surface area contributed by atoms with Crippen molar-refractivity contribution in [1.29, 1.82) is 0 Å². The van der Waals surface area contributed by atoms with Crippen molar-refractivity contribution in [3.05, 3.63) is 62.5 Å². The first-order valence-corrected chi connectivity index (χ1v) is 9.23. The minimum absolute atomic E-state index is 0.675. The van der Waals surface area contributed by atoms with Gasteiger partial charge in [-0.05, 0) is 39.2 Å². The summed E-state index contributed by atoms with van der Waals surface area (Å²) < 4.78 is 1.12. The van der Waals surface area contributed by atoms with Gasteiger partial charge in [0.2, 0.25) is 0 Å². The molecule has 0 saturated carbocycles. The van der Waals surface area contributed by atoms with Gasteiger partial charge >= 0.3 is 0 Å². The Morgan fingerprint density at radius 1 is 1.21 bits per heavy atom. The zero-order valence-corrected chi connectivity index (χ0v) is 14.9. The van der Waals surface area contributed by atoms with E-state index in [2.05, 4.69) is 66.0 Å². The summed E-state index contributed by atoms with van der Waals surface area (Å²) in [4.78, 5) is 1.69. The Labute approximate surface area is 150 Å². The smallest absolute Gasteiger partial charge is 0.0971 e. The molecular weight excluding hydrogens is 386 g/mol. The van der Waals surface area contributed by atoms with Gasteiger partial charge in [-0.15, -0.1) is 11.3 Å². The van der Waals surface area contributed by atoms with Crippen LogP contribution in [0.15, 0.2) is 45.8 Å². The lowest BCUT2D eigenvalue weighted by atomic mass is 10.1. The molecule has 118 valence electrons. The van der Waals surface area contributed by atoms with Gasteiger partial charge in [0, 0.05) is 28.5 Å². The van der Waals surface area contributed by atoms with E-state index in [1.54, 1.807) is 28.5 Å². The Kier molecular flexibility index (Phi) is 3.17. The van der Waals surface area contributed by atoms with E-state index in [1.807, 2.05) is 0 Å². The molecule has 5 rings (SSSR count). The van der Waals surface area contributed by atoms with Crippen molar-refractivity contribution in [2.24, 2.45) is 0 Å². The molecular formula is C17H12BrN5S. The Morgan fingerprint density at radius 2 is 2.08 bits per heavy atom. The Bertz CT molecular complexity index is 1030. The predicted octanol–water partition coefficient (Wildman–Crippen LogP) is 4.11. The van der Waals surface area contributed by atoms with Crippen molar-refractivity contribution < 1.29 is 0 Å². The van der Waals surface area contributed by atoms with Crippen LogP contribution in [0, 0.1) is 0 Å². The fourth-order valence-corrected chi connectivity index (χ4v) is 4.36. The Hall–Kier alpha value is -2.25. The summed E-state index contributed by atoms with van der Waals surface area (Å²) in [5.74, 6) is 0. The first-order chi connectivity index (χ1) is 11.8. The van der Waals surface area contributed by atoms with Crippen LogP contribution in [0.2, 0.25) is 0 Å². The molecule has 1 aliphatic rings. The van der Waals surface area contributed by atoms with Gasteiger partial charge in [-0.2, -0.15) is 20.1 Å². The fourth-order valence-electron chi connectivity index (χ4n) is 3.22. The van der Waals surface area contributed by atoms with Crippen LogP contribution in [0.3, 0.4) is 0 Å². The summed E-state index contributed by atoms with van der Waals surface area (Å²) in [7, 11) is 0. The molecule has 5 nitrogen and oxygen atoms in total.